The van der Waals surface area contributed by atoms with Gasteiger partial charge in [-0.2, -0.15) is 0 Å². The van der Waals surface area contributed by atoms with Gasteiger partial charge in [0, 0.05) is 22.0 Å². The Bertz CT molecular complexity index is 676. The number of aryl methyl sites for hydroxylation is 1. The molecule has 3 nitrogen and oxygen atoms in total. The number of anilines is 1. The molecule has 2 aromatic rings. The van der Waals surface area contributed by atoms with Crippen molar-refractivity contribution in [2.75, 3.05) is 18.2 Å². The van der Waals surface area contributed by atoms with Gasteiger partial charge in [-0.25, -0.2) is 0 Å². The van der Waals surface area contributed by atoms with Crippen LogP contribution in [-0.2, 0) is 4.79 Å². The SMILES string of the molecule is CSc1cccc(NC(=O)CCCOc2ccc(Cl)cc2C)c1. The van der Waals surface area contributed by atoms with Gasteiger partial charge in [-0.1, -0.05) is 17.7 Å². The van der Waals surface area contributed by atoms with Crippen LogP contribution in [0.1, 0.15) is 18.4 Å². The highest BCUT2D eigenvalue weighted by atomic mass is 35.5. The predicted molar refractivity (Wildman–Crippen MR) is 97.8 cm³/mol. The second kappa shape index (κ2) is 8.85. The zero-order chi connectivity index (χ0) is 16.7. The normalized spacial score (nSPS) is 10.4. The summed E-state index contributed by atoms with van der Waals surface area (Å²) in [5.74, 6) is 0.808. The number of thioether (sulfide) groups is 1. The van der Waals surface area contributed by atoms with Crippen LogP contribution in [0.2, 0.25) is 5.02 Å². The topological polar surface area (TPSA) is 38.3 Å². The maximum absolute atomic E-state index is 11.9. The minimum Gasteiger partial charge on any atom is -0.493 e. The first-order valence-corrected chi connectivity index (χ1v) is 9.01. The minimum atomic E-state index is -0.000295. The number of carbonyl (C=O) groups excluding carboxylic acids is 1. The molecule has 0 bridgehead atoms. The van der Waals surface area contributed by atoms with Crippen LogP contribution in [0.3, 0.4) is 0 Å². The number of halogens is 1. The minimum absolute atomic E-state index is 0.000295. The van der Waals surface area contributed by atoms with Crippen molar-refractivity contribution < 1.29 is 9.53 Å². The van der Waals surface area contributed by atoms with Gasteiger partial charge in [0.1, 0.15) is 5.75 Å². The first kappa shape index (κ1) is 17.7. The number of hydrogen-bond donors (Lipinski definition) is 1. The van der Waals surface area contributed by atoms with Crippen LogP contribution < -0.4 is 10.1 Å². The van der Waals surface area contributed by atoms with Crippen molar-refractivity contribution in [3.05, 3.63) is 53.1 Å². The molecule has 0 atom stereocenters. The Morgan fingerprint density at radius 1 is 1.26 bits per heavy atom. The third-order valence-electron chi connectivity index (χ3n) is 3.30. The largest absolute Gasteiger partial charge is 0.493 e. The molecule has 0 heterocycles. The van der Waals surface area contributed by atoms with E-state index in [0.29, 0.717) is 24.5 Å². The number of hydrogen-bond acceptors (Lipinski definition) is 3. The summed E-state index contributed by atoms with van der Waals surface area (Å²) >= 11 is 7.56. The van der Waals surface area contributed by atoms with E-state index in [4.69, 9.17) is 16.3 Å². The maximum Gasteiger partial charge on any atom is 0.224 e. The molecule has 0 radical (unpaired) electrons. The lowest BCUT2D eigenvalue weighted by Gasteiger charge is -2.10. The molecule has 23 heavy (non-hydrogen) atoms. The van der Waals surface area contributed by atoms with Gasteiger partial charge >= 0.3 is 0 Å². The monoisotopic (exact) mass is 349 g/mol. The third kappa shape index (κ3) is 5.81. The molecule has 0 aromatic heterocycles. The molecule has 5 heteroatoms. The molecule has 0 aliphatic rings. The number of benzene rings is 2. The quantitative estimate of drug-likeness (QED) is 0.553. The highest BCUT2D eigenvalue weighted by Crippen LogP contribution is 2.22. The standard InChI is InChI=1S/C18H20ClNO2S/c1-13-11-14(19)8-9-17(13)22-10-4-7-18(21)20-15-5-3-6-16(12-15)23-2/h3,5-6,8-9,11-12H,4,7,10H2,1-2H3,(H,20,21). The summed E-state index contributed by atoms with van der Waals surface area (Å²) in [6.45, 7) is 2.45. The third-order valence-corrected chi connectivity index (χ3v) is 4.26. The van der Waals surface area contributed by atoms with Crippen molar-refractivity contribution in [3.63, 3.8) is 0 Å². The van der Waals surface area contributed by atoms with Crippen molar-refractivity contribution in [3.8, 4) is 5.75 Å². The summed E-state index contributed by atoms with van der Waals surface area (Å²) in [5, 5.41) is 3.60. The van der Waals surface area contributed by atoms with Gasteiger partial charge in [-0.05, 0) is 61.6 Å². The van der Waals surface area contributed by atoms with Crippen molar-refractivity contribution in [1.82, 2.24) is 0 Å². The van der Waals surface area contributed by atoms with Crippen LogP contribution in [0.25, 0.3) is 0 Å². The number of rotatable bonds is 7. The van der Waals surface area contributed by atoms with Gasteiger partial charge < -0.3 is 10.1 Å². The molecular formula is C18H20ClNO2S. The Hall–Kier alpha value is -1.65. The molecule has 0 aliphatic heterocycles. The van der Waals surface area contributed by atoms with E-state index in [1.54, 1.807) is 17.8 Å². The lowest BCUT2D eigenvalue weighted by molar-refractivity contribution is -0.116. The van der Waals surface area contributed by atoms with Gasteiger partial charge in [0.15, 0.2) is 0 Å². The van der Waals surface area contributed by atoms with Crippen LogP contribution in [0, 0.1) is 6.92 Å². The van der Waals surface area contributed by atoms with Crippen molar-refractivity contribution >= 4 is 35.0 Å². The van der Waals surface area contributed by atoms with Gasteiger partial charge in [-0.15, -0.1) is 11.8 Å². The van der Waals surface area contributed by atoms with E-state index < -0.39 is 0 Å². The van der Waals surface area contributed by atoms with E-state index in [9.17, 15) is 4.79 Å². The Kier molecular flexibility index (Phi) is 6.81. The molecule has 0 saturated carbocycles. The van der Waals surface area contributed by atoms with Crippen molar-refractivity contribution in [1.29, 1.82) is 0 Å². The smallest absolute Gasteiger partial charge is 0.224 e. The fourth-order valence-electron chi connectivity index (χ4n) is 2.11. The lowest BCUT2D eigenvalue weighted by atomic mass is 10.2. The second-order valence-electron chi connectivity index (χ2n) is 5.14. The Balaban J connectivity index is 1.74. The van der Waals surface area contributed by atoms with Crippen LogP contribution in [0.4, 0.5) is 5.69 Å². The summed E-state index contributed by atoms with van der Waals surface area (Å²) < 4.78 is 5.69. The van der Waals surface area contributed by atoms with Crippen molar-refractivity contribution in [2.45, 2.75) is 24.7 Å². The number of amides is 1. The fraction of sp³-hybridized carbons (Fsp3) is 0.278. The zero-order valence-corrected chi connectivity index (χ0v) is 14.8. The van der Waals surface area contributed by atoms with E-state index in [0.717, 1.165) is 21.9 Å². The average Bonchev–Trinajstić information content (AvgIpc) is 2.53. The molecular weight excluding hydrogens is 330 g/mol. The van der Waals surface area contributed by atoms with E-state index in [1.165, 1.54) is 0 Å². The number of ether oxygens (including phenoxy) is 1. The van der Waals surface area contributed by atoms with E-state index in [-0.39, 0.29) is 5.91 Å². The fourth-order valence-corrected chi connectivity index (χ4v) is 2.80. The second-order valence-corrected chi connectivity index (χ2v) is 6.46. The summed E-state index contributed by atoms with van der Waals surface area (Å²) in [6, 6.07) is 13.3. The molecule has 2 rings (SSSR count). The van der Waals surface area contributed by atoms with Gasteiger partial charge in [0.25, 0.3) is 0 Å². The molecule has 1 N–H and O–H groups in total. The van der Waals surface area contributed by atoms with Gasteiger partial charge in [0.2, 0.25) is 5.91 Å². The molecule has 0 spiro atoms. The first-order valence-electron chi connectivity index (χ1n) is 7.41. The lowest BCUT2D eigenvalue weighted by Crippen LogP contribution is -2.12. The van der Waals surface area contributed by atoms with Crippen LogP contribution in [0.5, 0.6) is 5.75 Å². The Morgan fingerprint density at radius 2 is 2.09 bits per heavy atom. The van der Waals surface area contributed by atoms with E-state index in [1.807, 2.05) is 49.6 Å². The number of nitrogens with one attached hydrogen (secondary N) is 1. The highest BCUT2D eigenvalue weighted by molar-refractivity contribution is 7.98. The van der Waals surface area contributed by atoms with Crippen LogP contribution in [-0.4, -0.2) is 18.8 Å². The van der Waals surface area contributed by atoms with Crippen LogP contribution in [0.15, 0.2) is 47.4 Å². The van der Waals surface area contributed by atoms with E-state index >= 15 is 0 Å². The predicted octanol–water partition coefficient (Wildman–Crippen LogP) is 5.17. The summed E-state index contributed by atoms with van der Waals surface area (Å²) in [5.41, 5.74) is 1.83. The molecule has 0 fully saturated rings. The van der Waals surface area contributed by atoms with E-state index in [2.05, 4.69) is 5.32 Å². The molecule has 122 valence electrons. The van der Waals surface area contributed by atoms with Gasteiger partial charge in [-0.3, -0.25) is 4.79 Å². The summed E-state index contributed by atoms with van der Waals surface area (Å²) in [6.07, 6.45) is 3.10. The summed E-state index contributed by atoms with van der Waals surface area (Å²) in [4.78, 5) is 13.1. The molecule has 2 aromatic carbocycles. The number of carbonyl (C=O) groups is 1. The molecule has 0 aliphatic carbocycles. The first-order chi connectivity index (χ1) is 11.1. The molecule has 0 unspecified atom stereocenters. The summed E-state index contributed by atoms with van der Waals surface area (Å²) in [7, 11) is 0. The maximum atomic E-state index is 11.9. The Labute approximate surface area is 146 Å². The molecule has 1 amide bonds. The zero-order valence-electron chi connectivity index (χ0n) is 13.3. The van der Waals surface area contributed by atoms with Crippen LogP contribution >= 0.6 is 23.4 Å². The average molecular weight is 350 g/mol. The highest BCUT2D eigenvalue weighted by Gasteiger charge is 2.04. The Morgan fingerprint density at radius 3 is 2.83 bits per heavy atom. The van der Waals surface area contributed by atoms with Crippen molar-refractivity contribution in [2.24, 2.45) is 0 Å². The van der Waals surface area contributed by atoms with Gasteiger partial charge in [0.05, 0.1) is 6.61 Å². The molecule has 0 saturated heterocycles.